The highest BCUT2D eigenvalue weighted by Gasteiger charge is 2.35. The van der Waals surface area contributed by atoms with Crippen molar-refractivity contribution in [2.24, 2.45) is 0 Å². The summed E-state index contributed by atoms with van der Waals surface area (Å²) in [4.78, 5) is 15.3. The molecule has 1 saturated heterocycles. The topological polar surface area (TPSA) is 96.1 Å². The average Bonchev–Trinajstić information content (AvgIpc) is 3.26. The van der Waals surface area contributed by atoms with E-state index in [1.807, 2.05) is 11.5 Å². The number of nitriles is 1. The first-order valence-electron chi connectivity index (χ1n) is 11.9. The Bertz CT molecular complexity index is 1010. The Morgan fingerprint density at radius 1 is 1.21 bits per heavy atom. The van der Waals surface area contributed by atoms with E-state index in [1.54, 1.807) is 12.1 Å². The average molecular weight is 487 g/mol. The number of benzene rings is 1. The molecule has 2 aromatic rings. The van der Waals surface area contributed by atoms with Crippen molar-refractivity contribution in [2.75, 3.05) is 32.8 Å². The van der Waals surface area contributed by atoms with Gasteiger partial charge in [-0.25, -0.2) is 4.39 Å². The van der Waals surface area contributed by atoms with E-state index in [0.717, 1.165) is 44.5 Å². The van der Waals surface area contributed by atoms with Crippen molar-refractivity contribution in [1.29, 1.82) is 5.26 Å². The molecule has 2 aliphatic rings. The van der Waals surface area contributed by atoms with Gasteiger partial charge in [-0.1, -0.05) is 31.0 Å². The van der Waals surface area contributed by atoms with Crippen molar-refractivity contribution >= 4 is 17.7 Å². The van der Waals surface area contributed by atoms with E-state index in [2.05, 4.69) is 26.5 Å². The quantitative estimate of drug-likeness (QED) is 0.572. The molecule has 0 radical (unpaired) electrons. The molecule has 1 aliphatic heterocycles. The number of ether oxygens (including phenoxy) is 1. The van der Waals surface area contributed by atoms with Gasteiger partial charge >= 0.3 is 0 Å². The molecule has 1 unspecified atom stereocenters. The molecule has 182 valence electrons. The summed E-state index contributed by atoms with van der Waals surface area (Å²) in [6.45, 7) is 6.42. The zero-order valence-corrected chi connectivity index (χ0v) is 20.3. The van der Waals surface area contributed by atoms with Crippen molar-refractivity contribution in [3.63, 3.8) is 0 Å². The first kappa shape index (κ1) is 24.6. The van der Waals surface area contributed by atoms with Gasteiger partial charge in [-0.05, 0) is 44.0 Å². The molecule has 0 bridgehead atoms. The second kappa shape index (κ2) is 11.3. The summed E-state index contributed by atoms with van der Waals surface area (Å²) in [5.74, 6) is 0.167. The highest BCUT2D eigenvalue weighted by molar-refractivity contribution is 8.00. The van der Waals surface area contributed by atoms with Crippen LogP contribution in [-0.2, 0) is 16.1 Å². The number of carbonyl (C=O) groups is 1. The molecule has 1 saturated carbocycles. The second-order valence-electron chi connectivity index (χ2n) is 8.92. The first-order valence-corrected chi connectivity index (χ1v) is 12.8. The minimum Gasteiger partial charge on any atom is -0.379 e. The van der Waals surface area contributed by atoms with E-state index in [-0.39, 0.29) is 11.7 Å². The van der Waals surface area contributed by atoms with Gasteiger partial charge in [-0.15, -0.1) is 10.2 Å². The Balaban J connectivity index is 1.50. The number of nitrogens with zero attached hydrogens (tertiary/aromatic N) is 5. The van der Waals surface area contributed by atoms with Crippen LogP contribution in [0.1, 0.15) is 39.0 Å². The first-order chi connectivity index (χ1) is 16.5. The summed E-state index contributed by atoms with van der Waals surface area (Å²) in [7, 11) is 0. The minimum atomic E-state index is -0.770. The molecule has 0 spiro atoms. The van der Waals surface area contributed by atoms with Gasteiger partial charge in [0.25, 0.3) is 0 Å². The van der Waals surface area contributed by atoms with Gasteiger partial charge in [0.2, 0.25) is 5.91 Å². The van der Waals surface area contributed by atoms with Crippen molar-refractivity contribution in [3.05, 3.63) is 30.1 Å². The number of nitrogens with one attached hydrogen (secondary N) is 1. The van der Waals surface area contributed by atoms with Gasteiger partial charge in [-0.2, -0.15) is 5.26 Å². The van der Waals surface area contributed by atoms with Crippen molar-refractivity contribution < 1.29 is 13.9 Å². The predicted octanol–water partition coefficient (Wildman–Crippen LogP) is 3.24. The van der Waals surface area contributed by atoms with Crippen molar-refractivity contribution in [1.82, 2.24) is 25.0 Å². The third kappa shape index (κ3) is 5.95. The van der Waals surface area contributed by atoms with E-state index in [0.29, 0.717) is 43.6 Å². The lowest BCUT2D eigenvalue weighted by atomic mass is 9.83. The number of rotatable bonds is 8. The van der Waals surface area contributed by atoms with E-state index in [1.165, 1.54) is 23.9 Å². The number of halogens is 1. The fourth-order valence-electron chi connectivity index (χ4n) is 4.43. The van der Waals surface area contributed by atoms with Crippen LogP contribution in [0.15, 0.2) is 29.4 Å². The van der Waals surface area contributed by atoms with E-state index in [4.69, 9.17) is 4.74 Å². The maximum absolute atomic E-state index is 13.5. The van der Waals surface area contributed by atoms with E-state index in [9.17, 15) is 14.4 Å². The number of hydrogen-bond donors (Lipinski definition) is 1. The van der Waals surface area contributed by atoms with Crippen LogP contribution in [0.4, 0.5) is 4.39 Å². The molecule has 2 heterocycles. The van der Waals surface area contributed by atoms with Crippen LogP contribution in [-0.4, -0.2) is 69.2 Å². The number of hydrogen-bond acceptors (Lipinski definition) is 7. The lowest BCUT2D eigenvalue weighted by Gasteiger charge is -2.32. The van der Waals surface area contributed by atoms with Crippen LogP contribution < -0.4 is 5.32 Å². The molecule has 8 nitrogen and oxygen atoms in total. The van der Waals surface area contributed by atoms with Gasteiger partial charge in [-0.3, -0.25) is 9.69 Å². The Labute approximate surface area is 203 Å². The predicted molar refractivity (Wildman–Crippen MR) is 128 cm³/mol. The molecule has 2 fully saturated rings. The summed E-state index contributed by atoms with van der Waals surface area (Å²) in [5, 5.41) is 21.7. The number of amides is 1. The van der Waals surface area contributed by atoms with Crippen LogP contribution in [0.3, 0.4) is 0 Å². The number of thioether (sulfide) groups is 1. The van der Waals surface area contributed by atoms with Crippen LogP contribution in [0.2, 0.25) is 0 Å². The fourth-order valence-corrected chi connectivity index (χ4v) is 5.30. The van der Waals surface area contributed by atoms with Gasteiger partial charge in [0.1, 0.15) is 11.4 Å². The van der Waals surface area contributed by atoms with Gasteiger partial charge < -0.3 is 14.6 Å². The molecule has 1 aromatic carbocycles. The summed E-state index contributed by atoms with van der Waals surface area (Å²) in [6.07, 6.45) is 4.38. The third-order valence-electron chi connectivity index (χ3n) is 6.50. The zero-order chi connectivity index (χ0) is 24.0. The molecule has 1 atom stereocenters. The standard InChI is InChI=1S/C24H31FN6O2S/c1-18(22(32)27-24(17-26)9-3-2-4-10-24)34-23-29-28-21(19-5-7-20(25)8-6-19)31(23)12-11-30-13-15-33-16-14-30/h5-8,18H,2-4,9-16H2,1H3,(H,27,32). The number of aromatic nitrogens is 3. The van der Waals surface area contributed by atoms with Crippen LogP contribution >= 0.6 is 11.8 Å². The van der Waals surface area contributed by atoms with Crippen LogP contribution in [0, 0.1) is 17.1 Å². The Kier molecular flexibility index (Phi) is 8.19. The second-order valence-corrected chi connectivity index (χ2v) is 10.2. The molecule has 1 aliphatic carbocycles. The molecule has 1 amide bonds. The van der Waals surface area contributed by atoms with E-state index < -0.39 is 10.8 Å². The normalized spacial score (nSPS) is 19.3. The Hall–Kier alpha value is -2.48. The summed E-state index contributed by atoms with van der Waals surface area (Å²) in [5.41, 5.74) is -0.00145. The summed E-state index contributed by atoms with van der Waals surface area (Å²) >= 11 is 1.33. The smallest absolute Gasteiger partial charge is 0.234 e. The highest BCUT2D eigenvalue weighted by Crippen LogP contribution is 2.30. The zero-order valence-electron chi connectivity index (χ0n) is 19.5. The minimum absolute atomic E-state index is 0.167. The maximum atomic E-state index is 13.5. The molecule has 10 heteroatoms. The SMILES string of the molecule is CC(Sc1nnc(-c2ccc(F)cc2)n1CCN1CCOCC1)C(=O)NC1(C#N)CCCCC1. The van der Waals surface area contributed by atoms with Gasteiger partial charge in [0, 0.05) is 31.7 Å². The van der Waals surface area contributed by atoms with Gasteiger partial charge in [0.05, 0.1) is 24.5 Å². The molecule has 1 aromatic heterocycles. The van der Waals surface area contributed by atoms with Crippen molar-refractivity contribution in [2.45, 2.75) is 61.5 Å². The third-order valence-corrected chi connectivity index (χ3v) is 7.58. The van der Waals surface area contributed by atoms with E-state index >= 15 is 0 Å². The fraction of sp³-hybridized carbons (Fsp3) is 0.583. The largest absolute Gasteiger partial charge is 0.379 e. The maximum Gasteiger partial charge on any atom is 0.234 e. The Morgan fingerprint density at radius 3 is 2.59 bits per heavy atom. The molecule has 1 N–H and O–H groups in total. The number of morpholine rings is 1. The molecular formula is C24H31FN6O2S. The lowest BCUT2D eigenvalue weighted by molar-refractivity contribution is -0.121. The number of carbonyl (C=O) groups excluding carboxylic acids is 1. The highest BCUT2D eigenvalue weighted by atomic mass is 32.2. The molecular weight excluding hydrogens is 455 g/mol. The summed E-state index contributed by atoms with van der Waals surface area (Å²) in [6, 6.07) is 8.54. The monoisotopic (exact) mass is 486 g/mol. The van der Waals surface area contributed by atoms with Crippen LogP contribution in [0.25, 0.3) is 11.4 Å². The van der Waals surface area contributed by atoms with Crippen LogP contribution in [0.5, 0.6) is 0 Å². The van der Waals surface area contributed by atoms with Crippen molar-refractivity contribution in [3.8, 4) is 17.5 Å². The molecule has 34 heavy (non-hydrogen) atoms. The summed E-state index contributed by atoms with van der Waals surface area (Å²) < 4.78 is 20.9. The lowest BCUT2D eigenvalue weighted by Crippen LogP contribution is -2.51. The Morgan fingerprint density at radius 2 is 1.91 bits per heavy atom. The van der Waals surface area contributed by atoms with Gasteiger partial charge in [0.15, 0.2) is 11.0 Å². The molecule has 4 rings (SSSR count).